The normalized spacial score (nSPS) is 12.1. The van der Waals surface area contributed by atoms with Crippen LogP contribution in [0.1, 0.15) is 17.2 Å². The number of methoxy groups -OCH3 is 1. The van der Waals surface area contributed by atoms with E-state index in [4.69, 9.17) is 4.74 Å². The summed E-state index contributed by atoms with van der Waals surface area (Å²) in [5.74, 6) is 0.797. The van der Waals surface area contributed by atoms with Crippen molar-refractivity contribution >= 4 is 0 Å². The number of pyridine rings is 1. The van der Waals surface area contributed by atoms with Gasteiger partial charge in [-0.15, -0.1) is 0 Å². The van der Waals surface area contributed by atoms with E-state index in [-0.39, 0.29) is 0 Å². The first-order valence-electron chi connectivity index (χ1n) is 6.71. The lowest BCUT2D eigenvalue weighted by Gasteiger charge is -2.12. The van der Waals surface area contributed by atoms with Gasteiger partial charge in [-0.1, -0.05) is 18.2 Å². The van der Waals surface area contributed by atoms with Crippen LogP contribution in [0.25, 0.3) is 0 Å². The van der Waals surface area contributed by atoms with E-state index in [1.807, 2.05) is 36.5 Å². The summed E-state index contributed by atoms with van der Waals surface area (Å²) >= 11 is 0. The quantitative estimate of drug-likeness (QED) is 0.757. The van der Waals surface area contributed by atoms with Crippen LogP contribution in [0.15, 0.2) is 48.8 Å². The standard InChI is InChI=1S/C16H20N2O2/c1-20-15-6-4-14(5-7-15)16(19)12-18-10-8-13-3-2-9-17-11-13/h2-7,9,11,16,18-19H,8,10,12H2,1H3. The molecule has 0 aliphatic heterocycles. The van der Waals surface area contributed by atoms with E-state index >= 15 is 0 Å². The lowest BCUT2D eigenvalue weighted by Crippen LogP contribution is -2.23. The predicted octanol–water partition coefficient (Wildman–Crippen LogP) is 1.96. The van der Waals surface area contributed by atoms with Crippen molar-refractivity contribution in [2.45, 2.75) is 12.5 Å². The van der Waals surface area contributed by atoms with E-state index in [1.54, 1.807) is 13.3 Å². The summed E-state index contributed by atoms with van der Waals surface area (Å²) in [5.41, 5.74) is 2.08. The molecule has 0 radical (unpaired) electrons. The Bertz CT molecular complexity index is 500. The fourth-order valence-corrected chi connectivity index (χ4v) is 1.96. The van der Waals surface area contributed by atoms with Gasteiger partial charge in [0.1, 0.15) is 5.75 Å². The highest BCUT2D eigenvalue weighted by Gasteiger charge is 2.06. The van der Waals surface area contributed by atoms with E-state index in [2.05, 4.69) is 16.4 Å². The van der Waals surface area contributed by atoms with E-state index in [0.29, 0.717) is 6.54 Å². The number of aliphatic hydroxyl groups is 1. The van der Waals surface area contributed by atoms with Gasteiger partial charge in [-0.2, -0.15) is 0 Å². The Kier molecular flexibility index (Phi) is 5.53. The molecule has 0 bridgehead atoms. The van der Waals surface area contributed by atoms with Crippen molar-refractivity contribution in [2.24, 2.45) is 0 Å². The number of aliphatic hydroxyl groups excluding tert-OH is 1. The molecule has 1 heterocycles. The number of nitrogens with one attached hydrogen (secondary N) is 1. The molecular weight excluding hydrogens is 252 g/mol. The molecular formula is C16H20N2O2. The Morgan fingerprint density at radius 2 is 2.05 bits per heavy atom. The van der Waals surface area contributed by atoms with Crippen LogP contribution in [-0.2, 0) is 6.42 Å². The number of rotatable bonds is 7. The zero-order valence-corrected chi connectivity index (χ0v) is 11.6. The maximum Gasteiger partial charge on any atom is 0.118 e. The van der Waals surface area contributed by atoms with Gasteiger partial charge in [-0.25, -0.2) is 0 Å². The molecule has 0 saturated carbocycles. The predicted molar refractivity (Wildman–Crippen MR) is 78.8 cm³/mol. The second-order valence-corrected chi connectivity index (χ2v) is 4.60. The summed E-state index contributed by atoms with van der Waals surface area (Å²) in [4.78, 5) is 4.07. The largest absolute Gasteiger partial charge is 0.497 e. The van der Waals surface area contributed by atoms with Crippen LogP contribution in [0.2, 0.25) is 0 Å². The lowest BCUT2D eigenvalue weighted by molar-refractivity contribution is 0.175. The van der Waals surface area contributed by atoms with Crippen molar-refractivity contribution in [1.82, 2.24) is 10.3 Å². The fraction of sp³-hybridized carbons (Fsp3) is 0.312. The van der Waals surface area contributed by atoms with Crippen molar-refractivity contribution < 1.29 is 9.84 Å². The molecule has 1 aromatic heterocycles. The van der Waals surface area contributed by atoms with Gasteiger partial charge in [0, 0.05) is 18.9 Å². The van der Waals surface area contributed by atoms with Crippen LogP contribution in [0.3, 0.4) is 0 Å². The van der Waals surface area contributed by atoms with Crippen molar-refractivity contribution in [3.8, 4) is 5.75 Å². The van der Waals surface area contributed by atoms with Crippen molar-refractivity contribution in [1.29, 1.82) is 0 Å². The van der Waals surface area contributed by atoms with Crippen LogP contribution in [0.5, 0.6) is 5.75 Å². The highest BCUT2D eigenvalue weighted by Crippen LogP contribution is 2.16. The molecule has 0 aliphatic rings. The SMILES string of the molecule is COc1ccc(C(O)CNCCc2cccnc2)cc1. The van der Waals surface area contributed by atoms with Crippen molar-refractivity contribution in [3.63, 3.8) is 0 Å². The second kappa shape index (κ2) is 7.62. The van der Waals surface area contributed by atoms with Crippen LogP contribution >= 0.6 is 0 Å². The Hall–Kier alpha value is -1.91. The first-order chi connectivity index (χ1) is 9.79. The molecule has 4 nitrogen and oxygen atoms in total. The van der Waals surface area contributed by atoms with Gasteiger partial charge in [0.15, 0.2) is 0 Å². The molecule has 0 saturated heterocycles. The third kappa shape index (κ3) is 4.33. The van der Waals surface area contributed by atoms with Crippen LogP contribution < -0.4 is 10.1 Å². The molecule has 4 heteroatoms. The number of hydrogen-bond acceptors (Lipinski definition) is 4. The van der Waals surface area contributed by atoms with Crippen LogP contribution in [0, 0.1) is 0 Å². The molecule has 1 aromatic carbocycles. The van der Waals surface area contributed by atoms with E-state index in [1.165, 1.54) is 5.56 Å². The zero-order valence-electron chi connectivity index (χ0n) is 11.6. The summed E-state index contributed by atoms with van der Waals surface area (Å²) in [6.07, 6.45) is 4.03. The number of aromatic nitrogens is 1. The Morgan fingerprint density at radius 3 is 2.70 bits per heavy atom. The molecule has 0 fully saturated rings. The van der Waals surface area contributed by atoms with Gasteiger partial charge in [0.25, 0.3) is 0 Å². The van der Waals surface area contributed by atoms with Crippen molar-refractivity contribution in [3.05, 3.63) is 59.9 Å². The van der Waals surface area contributed by atoms with Gasteiger partial charge in [0.2, 0.25) is 0 Å². The molecule has 2 aromatic rings. The molecule has 20 heavy (non-hydrogen) atoms. The summed E-state index contributed by atoms with van der Waals surface area (Å²) in [6.45, 7) is 1.35. The molecule has 0 amide bonds. The van der Waals surface area contributed by atoms with E-state index in [9.17, 15) is 5.11 Å². The molecule has 2 rings (SSSR count). The van der Waals surface area contributed by atoms with Gasteiger partial charge in [-0.3, -0.25) is 4.98 Å². The first-order valence-corrected chi connectivity index (χ1v) is 6.71. The summed E-state index contributed by atoms with van der Waals surface area (Å²) in [7, 11) is 1.63. The maximum atomic E-state index is 10.1. The van der Waals surface area contributed by atoms with Gasteiger partial charge in [-0.05, 0) is 42.3 Å². The molecule has 1 atom stereocenters. The Balaban J connectivity index is 1.73. The average Bonchev–Trinajstić information content (AvgIpc) is 2.52. The molecule has 2 N–H and O–H groups in total. The lowest BCUT2D eigenvalue weighted by atomic mass is 10.1. The highest BCUT2D eigenvalue weighted by molar-refractivity contribution is 5.28. The van der Waals surface area contributed by atoms with E-state index in [0.717, 1.165) is 24.3 Å². The minimum atomic E-state index is -0.505. The monoisotopic (exact) mass is 272 g/mol. The molecule has 0 aliphatic carbocycles. The minimum Gasteiger partial charge on any atom is -0.497 e. The Morgan fingerprint density at radius 1 is 1.25 bits per heavy atom. The summed E-state index contributed by atoms with van der Waals surface area (Å²) in [5, 5.41) is 13.3. The third-order valence-electron chi connectivity index (χ3n) is 3.15. The average molecular weight is 272 g/mol. The van der Waals surface area contributed by atoms with Crippen molar-refractivity contribution in [2.75, 3.05) is 20.2 Å². The van der Waals surface area contributed by atoms with Crippen LogP contribution in [-0.4, -0.2) is 30.3 Å². The summed E-state index contributed by atoms with van der Waals surface area (Å²) in [6, 6.07) is 11.5. The Labute approximate surface area is 119 Å². The molecule has 106 valence electrons. The van der Waals surface area contributed by atoms with Gasteiger partial charge in [0.05, 0.1) is 13.2 Å². The van der Waals surface area contributed by atoms with E-state index < -0.39 is 6.10 Å². The number of nitrogens with zero attached hydrogens (tertiary/aromatic N) is 1. The van der Waals surface area contributed by atoms with Gasteiger partial charge >= 0.3 is 0 Å². The second-order valence-electron chi connectivity index (χ2n) is 4.60. The topological polar surface area (TPSA) is 54.4 Å². The number of ether oxygens (including phenoxy) is 1. The fourth-order valence-electron chi connectivity index (χ4n) is 1.96. The minimum absolute atomic E-state index is 0.505. The van der Waals surface area contributed by atoms with Crippen LogP contribution in [0.4, 0.5) is 0 Å². The third-order valence-corrected chi connectivity index (χ3v) is 3.15. The smallest absolute Gasteiger partial charge is 0.118 e. The first kappa shape index (κ1) is 14.5. The molecule has 0 spiro atoms. The zero-order chi connectivity index (χ0) is 14.2. The number of hydrogen-bond donors (Lipinski definition) is 2. The summed E-state index contributed by atoms with van der Waals surface area (Å²) < 4.78 is 5.09. The highest BCUT2D eigenvalue weighted by atomic mass is 16.5. The maximum absolute atomic E-state index is 10.1. The number of benzene rings is 1. The van der Waals surface area contributed by atoms with Gasteiger partial charge < -0.3 is 15.2 Å². The molecule has 1 unspecified atom stereocenters.